The lowest BCUT2D eigenvalue weighted by atomic mass is 9.85. The minimum atomic E-state index is -5.11. The molecule has 3 unspecified atom stereocenters. The van der Waals surface area contributed by atoms with E-state index in [-0.39, 0.29) is 19.0 Å². The Kier molecular flexibility index (Phi) is 37.5. The Labute approximate surface area is 363 Å². The minimum Gasteiger partial charge on any atom is -0.462 e. The first-order valence-corrected chi connectivity index (χ1v) is 25.3. The molecule has 15 heteroatoms. The molecule has 1 saturated carbocycles. The Hall–Kier alpha value is -1.19. The number of carbonyl (C=O) groups excluding carboxylic acids is 2. The third kappa shape index (κ3) is 30.0. The van der Waals surface area contributed by atoms with Gasteiger partial charge in [-0.1, -0.05) is 194 Å². The van der Waals surface area contributed by atoms with Gasteiger partial charge in [0.25, 0.3) is 0 Å². The first kappa shape index (κ1) is 58.8. The molecule has 8 atom stereocenters. The zero-order valence-corrected chi connectivity index (χ0v) is 38.7. The summed E-state index contributed by atoms with van der Waals surface area (Å²) < 4.78 is 33.6. The summed E-state index contributed by atoms with van der Waals surface area (Å²) in [5, 5.41) is 50.1. The number of ether oxygens (including phenoxy) is 2. The number of hydrogen-bond acceptors (Lipinski definition) is 13. The summed E-state index contributed by atoms with van der Waals surface area (Å²) in [6, 6.07) is 0. The quantitative estimate of drug-likeness (QED) is 0.0172. The van der Waals surface area contributed by atoms with Crippen molar-refractivity contribution >= 4 is 19.8 Å². The highest BCUT2D eigenvalue weighted by atomic mass is 31.2. The Bertz CT molecular complexity index is 1060. The van der Waals surface area contributed by atoms with Gasteiger partial charge in [-0.05, 0) is 12.8 Å². The van der Waals surface area contributed by atoms with Gasteiger partial charge in [0.15, 0.2) is 6.10 Å². The summed E-state index contributed by atoms with van der Waals surface area (Å²) in [6.45, 7) is 3.33. The van der Waals surface area contributed by atoms with E-state index >= 15 is 0 Å². The van der Waals surface area contributed by atoms with Gasteiger partial charge >= 0.3 is 19.8 Å². The van der Waals surface area contributed by atoms with Gasteiger partial charge in [-0.25, -0.2) is 4.57 Å². The number of aliphatic hydroxyl groups is 5. The van der Waals surface area contributed by atoms with Crippen molar-refractivity contribution in [3.05, 3.63) is 0 Å². The highest BCUT2D eigenvalue weighted by molar-refractivity contribution is 7.47. The summed E-state index contributed by atoms with van der Waals surface area (Å²) in [5.74, 6) is -1.08. The second-order valence-corrected chi connectivity index (χ2v) is 18.4. The second kappa shape index (κ2) is 38.3. The summed E-state index contributed by atoms with van der Waals surface area (Å²) in [6.07, 6.45) is 22.9. The summed E-state index contributed by atoms with van der Waals surface area (Å²) in [4.78, 5) is 35.7. The fourth-order valence-corrected chi connectivity index (χ4v) is 8.56. The Balaban J connectivity index is 0.0000348. The number of phosphoric acid groups is 1. The molecule has 0 radical (unpaired) electrons. The molecule has 0 aliphatic heterocycles. The highest BCUT2D eigenvalue weighted by Gasteiger charge is 2.51. The molecule has 14 nitrogen and oxygen atoms in total. The normalized spacial score (nSPS) is 21.9. The molecule has 1 aliphatic rings. The summed E-state index contributed by atoms with van der Waals surface area (Å²) >= 11 is 0. The third-order valence-corrected chi connectivity index (χ3v) is 12.4. The van der Waals surface area contributed by atoms with Crippen molar-refractivity contribution in [1.82, 2.24) is 6.15 Å². The lowest BCUT2D eigenvalue weighted by Crippen LogP contribution is -2.64. The molecule has 0 amide bonds. The third-order valence-electron chi connectivity index (χ3n) is 11.4. The molecule has 1 aliphatic carbocycles. The SMILES string of the molecule is CCCCCCCCCCCCCCCCCC(=O)OC[C@H](COP(=O)(O)OC1[C@@H](O)[C@H](O)C(O)[C@H](O)[C@@H]1O)OC(=O)CCCCCCCCCCCCCCCCC.N. The van der Waals surface area contributed by atoms with E-state index in [1.807, 2.05) is 0 Å². The average Bonchev–Trinajstić information content (AvgIpc) is 3.21. The summed E-state index contributed by atoms with van der Waals surface area (Å²) in [7, 11) is -5.11. The number of carbonyl (C=O) groups is 2. The molecule has 1 fully saturated rings. The van der Waals surface area contributed by atoms with Crippen molar-refractivity contribution < 1.29 is 63.1 Å². The van der Waals surface area contributed by atoms with Crippen LogP contribution in [0.25, 0.3) is 0 Å². The molecule has 0 saturated heterocycles. The van der Waals surface area contributed by atoms with Crippen LogP contribution in [0.2, 0.25) is 0 Å². The van der Waals surface area contributed by atoms with E-state index in [1.165, 1.54) is 141 Å². The van der Waals surface area contributed by atoms with E-state index < -0.39 is 75.7 Å². The first-order valence-electron chi connectivity index (χ1n) is 23.8. The van der Waals surface area contributed by atoms with E-state index in [4.69, 9.17) is 18.5 Å². The molecule has 60 heavy (non-hydrogen) atoms. The zero-order valence-electron chi connectivity index (χ0n) is 37.8. The van der Waals surface area contributed by atoms with Crippen LogP contribution in [0.5, 0.6) is 0 Å². The molecule has 1 rings (SSSR count). The summed E-state index contributed by atoms with van der Waals surface area (Å²) in [5.41, 5.74) is 0. The smallest absolute Gasteiger partial charge is 0.462 e. The molecular formula is C45H90NO13P. The predicted octanol–water partition coefficient (Wildman–Crippen LogP) is 9.45. The van der Waals surface area contributed by atoms with Gasteiger partial charge in [0.2, 0.25) is 0 Å². The molecule has 0 bridgehead atoms. The van der Waals surface area contributed by atoms with Crippen molar-refractivity contribution in [2.45, 2.75) is 262 Å². The van der Waals surface area contributed by atoms with E-state index in [1.54, 1.807) is 0 Å². The van der Waals surface area contributed by atoms with Crippen LogP contribution in [0.15, 0.2) is 0 Å². The second-order valence-electron chi connectivity index (χ2n) is 17.0. The van der Waals surface area contributed by atoms with Crippen molar-refractivity contribution in [1.29, 1.82) is 0 Å². The molecule has 0 heterocycles. The first-order chi connectivity index (χ1) is 28.4. The maximum atomic E-state index is 12.8. The Morgan fingerprint density at radius 2 is 0.767 bits per heavy atom. The number of aliphatic hydroxyl groups excluding tert-OH is 5. The number of hydrogen-bond donors (Lipinski definition) is 7. The van der Waals surface area contributed by atoms with E-state index in [2.05, 4.69) is 13.8 Å². The molecule has 0 aromatic rings. The predicted molar refractivity (Wildman–Crippen MR) is 236 cm³/mol. The van der Waals surface area contributed by atoms with Gasteiger partial charge in [-0.15, -0.1) is 0 Å². The van der Waals surface area contributed by atoms with Gasteiger partial charge < -0.3 is 46.1 Å². The molecule has 358 valence electrons. The largest absolute Gasteiger partial charge is 0.472 e. The van der Waals surface area contributed by atoms with E-state index in [9.17, 15) is 44.6 Å². The van der Waals surface area contributed by atoms with Gasteiger partial charge in [-0.2, -0.15) is 0 Å². The standard InChI is InChI=1S/C45H87O13P.H3N/c1-3-5-7-9-11-13-15-17-19-21-23-25-27-29-31-33-38(46)55-35-37(36-56-59(53,54)58-45-43(51)41(49)40(48)42(50)44(45)52)57-39(47)34-32-30-28-26-24-22-20-18-16-14-12-10-8-6-4-2;/h37,40-45,48-52H,3-36H2,1-2H3,(H,53,54);1H3/t37-,40?,41-,42+,43+,44+,45?;/m1./s1. The molecule has 0 aromatic carbocycles. The lowest BCUT2D eigenvalue weighted by Gasteiger charge is -2.41. The monoisotopic (exact) mass is 884 g/mol. The van der Waals surface area contributed by atoms with Crippen molar-refractivity contribution in [3.8, 4) is 0 Å². The number of unbranched alkanes of at least 4 members (excludes halogenated alkanes) is 28. The fraction of sp³-hybridized carbons (Fsp3) is 0.956. The molecule has 9 N–H and O–H groups in total. The number of rotatable bonds is 40. The highest BCUT2D eigenvalue weighted by Crippen LogP contribution is 2.47. The topological polar surface area (TPSA) is 245 Å². The van der Waals surface area contributed by atoms with Crippen LogP contribution >= 0.6 is 7.82 Å². The number of esters is 2. The fourth-order valence-electron chi connectivity index (χ4n) is 7.58. The zero-order chi connectivity index (χ0) is 43.6. The Morgan fingerprint density at radius 1 is 0.467 bits per heavy atom. The van der Waals surface area contributed by atoms with Gasteiger partial charge in [-0.3, -0.25) is 18.6 Å². The minimum absolute atomic E-state index is 0. The average molecular weight is 884 g/mol. The van der Waals surface area contributed by atoms with E-state index in [0.717, 1.165) is 38.5 Å². The maximum absolute atomic E-state index is 12.8. The van der Waals surface area contributed by atoms with Crippen LogP contribution in [0.3, 0.4) is 0 Å². The van der Waals surface area contributed by atoms with Crippen LogP contribution in [0.1, 0.15) is 219 Å². The van der Waals surface area contributed by atoms with Crippen LogP contribution in [0, 0.1) is 0 Å². The van der Waals surface area contributed by atoms with Crippen LogP contribution in [-0.2, 0) is 32.7 Å². The van der Waals surface area contributed by atoms with Gasteiger partial charge in [0, 0.05) is 12.8 Å². The van der Waals surface area contributed by atoms with Crippen LogP contribution in [0.4, 0.5) is 0 Å². The molecular weight excluding hydrogens is 793 g/mol. The van der Waals surface area contributed by atoms with Gasteiger partial charge in [0.05, 0.1) is 6.61 Å². The van der Waals surface area contributed by atoms with Crippen molar-refractivity contribution in [3.63, 3.8) is 0 Å². The van der Waals surface area contributed by atoms with Crippen molar-refractivity contribution in [2.75, 3.05) is 13.2 Å². The molecule has 0 spiro atoms. The lowest BCUT2D eigenvalue weighted by molar-refractivity contribution is -0.220. The van der Waals surface area contributed by atoms with Gasteiger partial charge in [0.1, 0.15) is 43.2 Å². The Morgan fingerprint density at radius 3 is 1.12 bits per heavy atom. The molecule has 0 aromatic heterocycles. The number of phosphoric ester groups is 1. The maximum Gasteiger partial charge on any atom is 0.472 e. The van der Waals surface area contributed by atoms with Crippen LogP contribution in [-0.4, -0.2) is 98.3 Å². The van der Waals surface area contributed by atoms with Crippen molar-refractivity contribution in [2.24, 2.45) is 0 Å². The van der Waals surface area contributed by atoms with Crippen LogP contribution < -0.4 is 6.15 Å². The van der Waals surface area contributed by atoms with E-state index in [0.29, 0.717) is 12.8 Å².